The maximum Gasteiger partial charge on any atom is 0.329 e. The Balaban J connectivity index is 0. The van der Waals surface area contributed by atoms with E-state index in [1.165, 1.54) is 0 Å². The Labute approximate surface area is 71.6 Å². The van der Waals surface area contributed by atoms with Gasteiger partial charge in [-0.15, -0.1) is 0 Å². The number of aliphatic carboxylic acids is 1. The number of ether oxygens (including phenoxy) is 1. The molecule has 0 aromatic rings. The summed E-state index contributed by atoms with van der Waals surface area (Å²) < 4.78 is 4.64. The van der Waals surface area contributed by atoms with Crippen LogP contribution in [0.5, 0.6) is 0 Å². The van der Waals surface area contributed by atoms with Gasteiger partial charge >= 0.3 is 5.97 Å². The number of carbonyl (C=O) groups is 1. The van der Waals surface area contributed by atoms with Crippen LogP contribution in [0.25, 0.3) is 0 Å². The second-order valence-corrected chi connectivity index (χ2v) is 1.89. The van der Waals surface area contributed by atoms with Crippen LogP contribution in [0.2, 0.25) is 0 Å². The fourth-order valence-corrected chi connectivity index (χ4v) is 0.304. The number of aliphatic hydroxyl groups excluding tert-OH is 2. The summed E-state index contributed by atoms with van der Waals surface area (Å²) in [5.41, 5.74) is 0. The van der Waals surface area contributed by atoms with Crippen LogP contribution < -0.4 is 0 Å². The van der Waals surface area contributed by atoms with E-state index in [1.807, 2.05) is 6.92 Å². The van der Waals surface area contributed by atoms with Gasteiger partial charge in [-0.3, -0.25) is 0 Å². The molecule has 0 bridgehead atoms. The number of hydrogen-bond donors (Lipinski definition) is 3. The summed E-state index contributed by atoms with van der Waals surface area (Å²) in [7, 11) is 0. The lowest BCUT2D eigenvalue weighted by molar-refractivity contribution is -0.142. The zero-order valence-electron chi connectivity index (χ0n) is 7.19. The van der Waals surface area contributed by atoms with Crippen molar-refractivity contribution in [1.82, 2.24) is 0 Å². The molecule has 0 radical (unpaired) electrons. The topological polar surface area (TPSA) is 87.0 Å². The molecule has 0 fully saturated rings. The Morgan fingerprint density at radius 2 is 1.83 bits per heavy atom. The van der Waals surface area contributed by atoms with Gasteiger partial charge in [-0.05, 0) is 6.42 Å². The van der Waals surface area contributed by atoms with Crippen LogP contribution >= 0.6 is 0 Å². The number of hydrogen-bond acceptors (Lipinski definition) is 4. The van der Waals surface area contributed by atoms with E-state index in [4.69, 9.17) is 15.3 Å². The van der Waals surface area contributed by atoms with Gasteiger partial charge in [0.15, 0.2) is 0 Å². The second kappa shape index (κ2) is 13.0. The SMILES string of the molecule is CCCOCC(=O)O.OCCO. The minimum atomic E-state index is -0.904. The number of aliphatic hydroxyl groups is 2. The molecule has 0 amide bonds. The normalized spacial score (nSPS) is 8.58. The molecule has 0 saturated heterocycles. The number of carboxylic acids is 1. The van der Waals surface area contributed by atoms with Crippen molar-refractivity contribution in [3.05, 3.63) is 0 Å². The molecule has 0 unspecified atom stereocenters. The van der Waals surface area contributed by atoms with Gasteiger partial charge in [-0.1, -0.05) is 6.92 Å². The Morgan fingerprint density at radius 3 is 2.08 bits per heavy atom. The van der Waals surface area contributed by atoms with E-state index in [2.05, 4.69) is 4.74 Å². The van der Waals surface area contributed by atoms with Gasteiger partial charge < -0.3 is 20.1 Å². The number of carboxylic acid groups (broad SMARTS) is 1. The quantitative estimate of drug-likeness (QED) is 0.495. The monoisotopic (exact) mass is 180 g/mol. The van der Waals surface area contributed by atoms with Gasteiger partial charge in [0.05, 0.1) is 13.2 Å². The molecule has 0 aromatic carbocycles. The molecule has 0 saturated carbocycles. The van der Waals surface area contributed by atoms with E-state index < -0.39 is 5.97 Å². The van der Waals surface area contributed by atoms with Crippen LogP contribution in [0.3, 0.4) is 0 Å². The molecule has 0 aromatic heterocycles. The van der Waals surface area contributed by atoms with Crippen molar-refractivity contribution in [1.29, 1.82) is 0 Å². The third-order valence-corrected chi connectivity index (χ3v) is 0.674. The zero-order chi connectivity index (χ0) is 9.82. The highest BCUT2D eigenvalue weighted by molar-refractivity contribution is 5.67. The first kappa shape index (κ1) is 13.9. The zero-order valence-corrected chi connectivity index (χ0v) is 7.19. The third kappa shape index (κ3) is 22.8. The summed E-state index contributed by atoms with van der Waals surface area (Å²) in [5, 5.41) is 23.3. The van der Waals surface area contributed by atoms with E-state index in [-0.39, 0.29) is 19.8 Å². The second-order valence-electron chi connectivity index (χ2n) is 1.89. The molecule has 5 heteroatoms. The minimum Gasteiger partial charge on any atom is -0.480 e. The van der Waals surface area contributed by atoms with Crippen molar-refractivity contribution in [3.8, 4) is 0 Å². The lowest BCUT2D eigenvalue weighted by Gasteiger charge is -1.94. The fraction of sp³-hybridized carbons (Fsp3) is 0.857. The average molecular weight is 180 g/mol. The van der Waals surface area contributed by atoms with Gasteiger partial charge in [-0.2, -0.15) is 0 Å². The molecule has 0 atom stereocenters. The van der Waals surface area contributed by atoms with Gasteiger partial charge in [0, 0.05) is 6.61 Å². The highest BCUT2D eigenvalue weighted by Crippen LogP contribution is 1.78. The molecule has 74 valence electrons. The van der Waals surface area contributed by atoms with E-state index in [1.54, 1.807) is 0 Å². The van der Waals surface area contributed by atoms with Crippen molar-refractivity contribution in [2.24, 2.45) is 0 Å². The van der Waals surface area contributed by atoms with Crippen molar-refractivity contribution in [2.45, 2.75) is 13.3 Å². The van der Waals surface area contributed by atoms with Crippen molar-refractivity contribution >= 4 is 5.97 Å². The van der Waals surface area contributed by atoms with Crippen LogP contribution in [-0.4, -0.2) is 47.7 Å². The molecular weight excluding hydrogens is 164 g/mol. The smallest absolute Gasteiger partial charge is 0.329 e. The molecule has 0 heterocycles. The van der Waals surface area contributed by atoms with Crippen LogP contribution in [0.1, 0.15) is 13.3 Å². The summed E-state index contributed by atoms with van der Waals surface area (Å²) >= 11 is 0. The summed E-state index contributed by atoms with van der Waals surface area (Å²) in [4.78, 5) is 9.75. The molecule has 5 nitrogen and oxygen atoms in total. The van der Waals surface area contributed by atoms with E-state index in [0.717, 1.165) is 6.42 Å². The van der Waals surface area contributed by atoms with E-state index in [0.29, 0.717) is 6.61 Å². The standard InChI is InChI=1S/C5H10O3.C2H6O2/c1-2-3-8-4-5(6)7;3-1-2-4/h2-4H2,1H3,(H,6,7);3-4H,1-2H2. The molecular formula is C7H16O5. The van der Waals surface area contributed by atoms with Gasteiger partial charge in [0.1, 0.15) is 6.61 Å². The number of rotatable bonds is 5. The molecule has 0 aliphatic carbocycles. The van der Waals surface area contributed by atoms with Crippen LogP contribution in [-0.2, 0) is 9.53 Å². The van der Waals surface area contributed by atoms with Crippen LogP contribution in [0, 0.1) is 0 Å². The first-order valence-corrected chi connectivity index (χ1v) is 3.70. The third-order valence-electron chi connectivity index (χ3n) is 0.674. The maximum absolute atomic E-state index is 9.75. The molecule has 0 rings (SSSR count). The van der Waals surface area contributed by atoms with Crippen LogP contribution in [0.4, 0.5) is 0 Å². The first-order valence-electron chi connectivity index (χ1n) is 3.70. The fourth-order valence-electron chi connectivity index (χ4n) is 0.304. The molecule has 12 heavy (non-hydrogen) atoms. The Morgan fingerprint density at radius 1 is 1.33 bits per heavy atom. The van der Waals surface area contributed by atoms with E-state index in [9.17, 15) is 4.79 Å². The summed E-state index contributed by atoms with van der Waals surface area (Å²) in [6.45, 7) is 2.04. The lowest BCUT2D eigenvalue weighted by Crippen LogP contribution is -2.06. The molecule has 0 aliphatic heterocycles. The van der Waals surface area contributed by atoms with Crippen molar-refractivity contribution < 1.29 is 24.9 Å². The minimum absolute atomic E-state index is 0.125. The average Bonchev–Trinajstić information content (AvgIpc) is 2.05. The largest absolute Gasteiger partial charge is 0.480 e. The van der Waals surface area contributed by atoms with E-state index >= 15 is 0 Å². The first-order chi connectivity index (χ1) is 5.68. The maximum atomic E-state index is 9.75. The highest BCUT2D eigenvalue weighted by Gasteiger charge is 1.92. The summed E-state index contributed by atoms with van der Waals surface area (Å²) in [6.07, 6.45) is 0.868. The molecule has 3 N–H and O–H groups in total. The molecule has 0 aliphatic rings. The Kier molecular flexibility index (Phi) is 15.0. The van der Waals surface area contributed by atoms with Crippen molar-refractivity contribution in [2.75, 3.05) is 26.4 Å². The highest BCUT2D eigenvalue weighted by atomic mass is 16.5. The predicted octanol–water partition coefficient (Wildman–Crippen LogP) is -0.531. The Hall–Kier alpha value is -0.650. The van der Waals surface area contributed by atoms with Crippen molar-refractivity contribution in [3.63, 3.8) is 0 Å². The Bertz CT molecular complexity index is 91.8. The van der Waals surface area contributed by atoms with Gasteiger partial charge in [0.2, 0.25) is 0 Å². The summed E-state index contributed by atoms with van der Waals surface area (Å²) in [5.74, 6) is -0.904. The van der Waals surface area contributed by atoms with Gasteiger partial charge in [-0.25, -0.2) is 4.79 Å². The van der Waals surface area contributed by atoms with Crippen LogP contribution in [0.15, 0.2) is 0 Å². The summed E-state index contributed by atoms with van der Waals surface area (Å²) in [6, 6.07) is 0. The molecule has 0 spiro atoms. The predicted molar refractivity (Wildman–Crippen MR) is 42.9 cm³/mol. The van der Waals surface area contributed by atoms with Gasteiger partial charge in [0.25, 0.3) is 0 Å². The lowest BCUT2D eigenvalue weighted by atomic mass is 10.5.